The van der Waals surface area contributed by atoms with Crippen LogP contribution >= 0.6 is 0 Å². The number of urea groups is 1. The zero-order valence-corrected chi connectivity index (χ0v) is 11.5. The lowest BCUT2D eigenvalue weighted by molar-refractivity contribution is -0.124. The maximum Gasteiger partial charge on any atom is 0.315 e. The lowest BCUT2D eigenvalue weighted by Crippen LogP contribution is -2.47. The van der Waals surface area contributed by atoms with Crippen LogP contribution in [0.3, 0.4) is 0 Å². The standard InChI is InChI=1S/C14H19N3O3/c1-20-11-6-4-10(5-7-11)9-16-13(18)12-3-2-8-17(12)14(15)19/h4-7,12H,2-3,8-9H2,1H3,(H2,15,19)(H,16,18). The number of primary amides is 1. The van der Waals surface area contributed by atoms with E-state index in [1.54, 1.807) is 7.11 Å². The van der Waals surface area contributed by atoms with Crippen LogP contribution in [0.15, 0.2) is 24.3 Å². The van der Waals surface area contributed by atoms with E-state index in [4.69, 9.17) is 10.5 Å². The molecule has 108 valence electrons. The SMILES string of the molecule is COc1ccc(CNC(=O)C2CCCN2C(N)=O)cc1. The Hall–Kier alpha value is -2.24. The Morgan fingerprint density at radius 3 is 2.70 bits per heavy atom. The number of benzene rings is 1. The molecule has 0 saturated carbocycles. The number of likely N-dealkylation sites (tertiary alicyclic amines) is 1. The largest absolute Gasteiger partial charge is 0.497 e. The van der Waals surface area contributed by atoms with Gasteiger partial charge in [-0.3, -0.25) is 4.79 Å². The van der Waals surface area contributed by atoms with Gasteiger partial charge in [0.25, 0.3) is 0 Å². The number of carbonyl (C=O) groups excluding carboxylic acids is 2. The van der Waals surface area contributed by atoms with E-state index in [-0.39, 0.29) is 5.91 Å². The highest BCUT2D eigenvalue weighted by Gasteiger charge is 2.32. The molecule has 1 aromatic carbocycles. The number of rotatable bonds is 4. The Bertz CT molecular complexity index is 487. The van der Waals surface area contributed by atoms with Crippen molar-refractivity contribution in [1.82, 2.24) is 10.2 Å². The maximum absolute atomic E-state index is 12.1. The lowest BCUT2D eigenvalue weighted by Gasteiger charge is -2.21. The summed E-state index contributed by atoms with van der Waals surface area (Å²) in [6, 6.07) is 6.48. The maximum atomic E-state index is 12.1. The summed E-state index contributed by atoms with van der Waals surface area (Å²) in [5, 5.41) is 2.83. The average molecular weight is 277 g/mol. The monoisotopic (exact) mass is 277 g/mol. The molecule has 6 heteroatoms. The highest BCUT2D eigenvalue weighted by molar-refractivity contribution is 5.87. The number of nitrogens with one attached hydrogen (secondary N) is 1. The highest BCUT2D eigenvalue weighted by Crippen LogP contribution is 2.17. The topological polar surface area (TPSA) is 84.7 Å². The Morgan fingerprint density at radius 1 is 1.40 bits per heavy atom. The van der Waals surface area contributed by atoms with E-state index >= 15 is 0 Å². The van der Waals surface area contributed by atoms with Crippen LogP contribution in [-0.2, 0) is 11.3 Å². The summed E-state index contributed by atoms with van der Waals surface area (Å²) in [5.41, 5.74) is 6.23. The predicted molar refractivity (Wildman–Crippen MR) is 74.2 cm³/mol. The fraction of sp³-hybridized carbons (Fsp3) is 0.429. The Balaban J connectivity index is 1.89. The number of hydrogen-bond donors (Lipinski definition) is 2. The highest BCUT2D eigenvalue weighted by atomic mass is 16.5. The molecule has 1 aliphatic heterocycles. The molecule has 20 heavy (non-hydrogen) atoms. The van der Waals surface area contributed by atoms with Crippen molar-refractivity contribution in [3.05, 3.63) is 29.8 Å². The normalized spacial score (nSPS) is 17.9. The van der Waals surface area contributed by atoms with Gasteiger partial charge in [0.1, 0.15) is 11.8 Å². The molecule has 0 aromatic heterocycles. The van der Waals surface area contributed by atoms with Crippen LogP contribution in [-0.4, -0.2) is 36.5 Å². The molecular weight excluding hydrogens is 258 g/mol. The zero-order valence-electron chi connectivity index (χ0n) is 11.5. The number of nitrogens with zero attached hydrogens (tertiary/aromatic N) is 1. The minimum Gasteiger partial charge on any atom is -0.497 e. The summed E-state index contributed by atoms with van der Waals surface area (Å²) in [4.78, 5) is 24.7. The van der Waals surface area contributed by atoms with Gasteiger partial charge in [-0.25, -0.2) is 4.79 Å². The Labute approximate surface area is 117 Å². The molecule has 0 spiro atoms. The second-order valence-corrected chi connectivity index (χ2v) is 4.76. The van der Waals surface area contributed by atoms with E-state index in [0.717, 1.165) is 17.7 Å². The molecule has 6 nitrogen and oxygen atoms in total. The van der Waals surface area contributed by atoms with Gasteiger partial charge >= 0.3 is 6.03 Å². The van der Waals surface area contributed by atoms with Gasteiger partial charge in [-0.1, -0.05) is 12.1 Å². The van der Waals surface area contributed by atoms with Crippen molar-refractivity contribution < 1.29 is 14.3 Å². The first-order valence-corrected chi connectivity index (χ1v) is 6.58. The molecule has 0 aliphatic carbocycles. The molecule has 2 rings (SSSR count). The van der Waals surface area contributed by atoms with Crippen LogP contribution in [0.2, 0.25) is 0 Å². The summed E-state index contributed by atoms with van der Waals surface area (Å²) in [6.07, 6.45) is 1.47. The second-order valence-electron chi connectivity index (χ2n) is 4.76. The third kappa shape index (κ3) is 3.20. The van der Waals surface area contributed by atoms with E-state index in [1.807, 2.05) is 24.3 Å². The molecule has 1 aromatic rings. The first kappa shape index (κ1) is 14.2. The summed E-state index contributed by atoms with van der Waals surface area (Å²) >= 11 is 0. The van der Waals surface area contributed by atoms with Crippen molar-refractivity contribution in [2.24, 2.45) is 5.73 Å². The lowest BCUT2D eigenvalue weighted by atomic mass is 10.2. The molecule has 3 N–H and O–H groups in total. The third-order valence-corrected chi connectivity index (χ3v) is 3.46. The zero-order chi connectivity index (χ0) is 14.5. The van der Waals surface area contributed by atoms with E-state index in [2.05, 4.69) is 5.32 Å². The Morgan fingerprint density at radius 2 is 2.10 bits per heavy atom. The van der Waals surface area contributed by atoms with Gasteiger partial charge in [0.05, 0.1) is 7.11 Å². The van der Waals surface area contributed by atoms with E-state index < -0.39 is 12.1 Å². The van der Waals surface area contributed by atoms with Crippen LogP contribution in [0.4, 0.5) is 4.79 Å². The predicted octanol–water partition coefficient (Wildman–Crippen LogP) is 0.854. The number of hydrogen-bond acceptors (Lipinski definition) is 3. The van der Waals surface area contributed by atoms with Gasteiger partial charge in [0.2, 0.25) is 5.91 Å². The quantitative estimate of drug-likeness (QED) is 0.855. The summed E-state index contributed by atoms with van der Waals surface area (Å²) in [6.45, 7) is 0.974. The fourth-order valence-electron chi connectivity index (χ4n) is 2.35. The fourth-order valence-corrected chi connectivity index (χ4v) is 2.35. The van der Waals surface area contributed by atoms with Crippen LogP contribution in [0.25, 0.3) is 0 Å². The molecule has 0 bridgehead atoms. The smallest absolute Gasteiger partial charge is 0.315 e. The van der Waals surface area contributed by atoms with Crippen LogP contribution in [0.5, 0.6) is 5.75 Å². The van der Waals surface area contributed by atoms with Crippen molar-refractivity contribution in [1.29, 1.82) is 0 Å². The number of carbonyl (C=O) groups is 2. The first-order valence-electron chi connectivity index (χ1n) is 6.58. The number of nitrogens with two attached hydrogens (primary N) is 1. The number of amides is 3. The minimum absolute atomic E-state index is 0.155. The molecule has 0 radical (unpaired) electrons. The van der Waals surface area contributed by atoms with Gasteiger partial charge in [-0.2, -0.15) is 0 Å². The Kier molecular flexibility index (Phi) is 4.45. The van der Waals surface area contributed by atoms with Crippen LogP contribution in [0.1, 0.15) is 18.4 Å². The minimum atomic E-state index is -0.535. The van der Waals surface area contributed by atoms with E-state index in [9.17, 15) is 9.59 Å². The van der Waals surface area contributed by atoms with Crippen molar-refractivity contribution in [3.63, 3.8) is 0 Å². The van der Waals surface area contributed by atoms with Gasteiger partial charge in [0, 0.05) is 13.1 Å². The number of ether oxygens (including phenoxy) is 1. The van der Waals surface area contributed by atoms with Gasteiger partial charge < -0.3 is 20.7 Å². The van der Waals surface area contributed by atoms with Crippen LogP contribution in [0, 0.1) is 0 Å². The molecule has 1 saturated heterocycles. The van der Waals surface area contributed by atoms with E-state index in [1.165, 1.54) is 4.90 Å². The first-order chi connectivity index (χ1) is 9.61. The molecule has 1 aliphatic rings. The van der Waals surface area contributed by atoms with Crippen molar-refractivity contribution in [2.75, 3.05) is 13.7 Å². The van der Waals surface area contributed by atoms with Gasteiger partial charge in [-0.05, 0) is 30.5 Å². The molecule has 1 fully saturated rings. The third-order valence-electron chi connectivity index (χ3n) is 3.46. The van der Waals surface area contributed by atoms with Gasteiger partial charge in [0.15, 0.2) is 0 Å². The molecule has 1 unspecified atom stereocenters. The summed E-state index contributed by atoms with van der Waals surface area (Å²) in [7, 11) is 1.61. The number of methoxy groups -OCH3 is 1. The molecule has 1 heterocycles. The molecule has 1 atom stereocenters. The van der Waals surface area contributed by atoms with Gasteiger partial charge in [-0.15, -0.1) is 0 Å². The van der Waals surface area contributed by atoms with Crippen LogP contribution < -0.4 is 15.8 Å². The molecule has 3 amide bonds. The average Bonchev–Trinajstić information content (AvgIpc) is 2.95. The second kappa shape index (κ2) is 6.27. The summed E-state index contributed by atoms with van der Waals surface area (Å²) in [5.74, 6) is 0.618. The van der Waals surface area contributed by atoms with Crippen molar-refractivity contribution in [3.8, 4) is 5.75 Å². The summed E-state index contributed by atoms with van der Waals surface area (Å²) < 4.78 is 5.07. The van der Waals surface area contributed by atoms with Crippen molar-refractivity contribution in [2.45, 2.75) is 25.4 Å². The molecular formula is C14H19N3O3. The van der Waals surface area contributed by atoms with Crippen molar-refractivity contribution >= 4 is 11.9 Å². The van der Waals surface area contributed by atoms with E-state index in [0.29, 0.717) is 19.5 Å².